The molecule has 3 aromatic carbocycles. The minimum atomic E-state index is -0.960. The third-order valence-electron chi connectivity index (χ3n) is 6.88. The number of carboxylic acid groups (broad SMARTS) is 1. The van der Waals surface area contributed by atoms with Gasteiger partial charge in [-0.15, -0.1) is 0 Å². The SMILES string of the molecule is O=C(O)c1cc(C#Cc2ccc(OCc3c(-c4c(Cl)cccc4Cl)noc3C3CC3)cc2Cl)cc(C2CC2)c1. The van der Waals surface area contributed by atoms with Gasteiger partial charge in [0.05, 0.1) is 26.2 Å². The molecule has 1 aromatic heterocycles. The van der Waals surface area contributed by atoms with Crippen molar-refractivity contribution in [2.45, 2.75) is 44.1 Å². The number of benzene rings is 3. The van der Waals surface area contributed by atoms with Crippen LogP contribution in [0.25, 0.3) is 11.3 Å². The van der Waals surface area contributed by atoms with E-state index in [9.17, 15) is 9.90 Å². The smallest absolute Gasteiger partial charge is 0.335 e. The summed E-state index contributed by atoms with van der Waals surface area (Å²) in [5.41, 5.74) is 4.55. The molecule has 2 aliphatic carbocycles. The molecule has 0 atom stereocenters. The van der Waals surface area contributed by atoms with Gasteiger partial charge in [-0.05, 0) is 79.6 Å². The Balaban J connectivity index is 1.23. The maximum atomic E-state index is 11.6. The van der Waals surface area contributed by atoms with Gasteiger partial charge >= 0.3 is 5.97 Å². The van der Waals surface area contributed by atoms with Gasteiger partial charge in [0.2, 0.25) is 0 Å². The largest absolute Gasteiger partial charge is 0.489 e. The Bertz CT molecular complexity index is 1640. The lowest BCUT2D eigenvalue weighted by molar-refractivity contribution is 0.0696. The van der Waals surface area contributed by atoms with Crippen molar-refractivity contribution in [3.63, 3.8) is 0 Å². The van der Waals surface area contributed by atoms with Crippen LogP contribution in [-0.4, -0.2) is 16.2 Å². The Morgan fingerprint density at radius 3 is 2.36 bits per heavy atom. The quantitative estimate of drug-likeness (QED) is 0.222. The predicted octanol–water partition coefficient (Wildman–Crippen LogP) is 8.73. The van der Waals surface area contributed by atoms with E-state index in [1.54, 1.807) is 48.5 Å². The first kappa shape index (κ1) is 25.8. The minimum Gasteiger partial charge on any atom is -0.489 e. The van der Waals surface area contributed by atoms with Crippen molar-refractivity contribution in [2.75, 3.05) is 0 Å². The molecular formula is C31H22Cl3NO4. The fourth-order valence-electron chi connectivity index (χ4n) is 4.53. The molecule has 2 saturated carbocycles. The zero-order chi connectivity index (χ0) is 27.1. The van der Waals surface area contributed by atoms with E-state index in [0.29, 0.717) is 55.0 Å². The minimum absolute atomic E-state index is 0.208. The molecule has 0 aliphatic heterocycles. The summed E-state index contributed by atoms with van der Waals surface area (Å²) in [6.07, 6.45) is 4.23. The van der Waals surface area contributed by atoms with E-state index in [0.717, 1.165) is 42.6 Å². The third kappa shape index (κ3) is 5.65. The average molecular weight is 579 g/mol. The van der Waals surface area contributed by atoms with Crippen LogP contribution in [0.2, 0.25) is 15.1 Å². The number of nitrogens with zero attached hydrogens (tertiary/aromatic N) is 1. The molecule has 0 bridgehead atoms. The molecule has 5 nitrogen and oxygen atoms in total. The van der Waals surface area contributed by atoms with Crippen molar-refractivity contribution in [1.29, 1.82) is 0 Å². The molecule has 0 radical (unpaired) electrons. The maximum Gasteiger partial charge on any atom is 0.335 e. The highest BCUT2D eigenvalue weighted by Crippen LogP contribution is 2.46. The lowest BCUT2D eigenvalue weighted by atomic mass is 10.0. The first-order valence-corrected chi connectivity index (χ1v) is 13.8. The fourth-order valence-corrected chi connectivity index (χ4v) is 5.32. The van der Waals surface area contributed by atoms with E-state index in [2.05, 4.69) is 17.0 Å². The Labute approximate surface area is 240 Å². The van der Waals surface area contributed by atoms with Gasteiger partial charge in [-0.3, -0.25) is 0 Å². The Hall–Kier alpha value is -3.43. The second-order valence-corrected chi connectivity index (χ2v) is 11.1. The van der Waals surface area contributed by atoms with Crippen LogP contribution in [-0.2, 0) is 6.61 Å². The molecule has 0 amide bonds. The van der Waals surface area contributed by atoms with Gasteiger partial charge < -0.3 is 14.4 Å². The van der Waals surface area contributed by atoms with E-state index < -0.39 is 5.97 Å². The molecule has 2 fully saturated rings. The predicted molar refractivity (Wildman–Crippen MR) is 151 cm³/mol. The van der Waals surface area contributed by atoms with Gasteiger partial charge in [-0.25, -0.2) is 4.79 Å². The van der Waals surface area contributed by atoms with Gasteiger partial charge in [0.25, 0.3) is 0 Å². The number of carboxylic acids is 1. The van der Waals surface area contributed by atoms with E-state index in [4.69, 9.17) is 44.1 Å². The molecule has 0 unspecified atom stereocenters. The molecule has 1 heterocycles. The summed E-state index contributed by atoms with van der Waals surface area (Å²) >= 11 is 19.5. The molecule has 4 aromatic rings. The second-order valence-electron chi connectivity index (χ2n) is 9.85. The molecule has 1 N–H and O–H groups in total. The van der Waals surface area contributed by atoms with Gasteiger partial charge in [0, 0.05) is 28.7 Å². The van der Waals surface area contributed by atoms with E-state index in [1.807, 2.05) is 6.07 Å². The third-order valence-corrected chi connectivity index (χ3v) is 7.83. The van der Waals surface area contributed by atoms with Gasteiger partial charge in [0.1, 0.15) is 23.8 Å². The second kappa shape index (κ2) is 10.6. The van der Waals surface area contributed by atoms with Crippen LogP contribution in [0.4, 0.5) is 0 Å². The zero-order valence-electron chi connectivity index (χ0n) is 20.6. The standard InChI is InChI=1S/C31H22Cl3NO4/c32-25-2-1-3-26(33)28(25)29-24(30(39-35-29)20-8-9-20)16-38-23-11-10-19(27(34)15-23)5-4-17-12-21(18-6-7-18)14-22(13-17)31(36)37/h1-3,10-15,18,20H,6-9,16H2,(H,36,37). The Morgan fingerprint density at radius 2 is 1.69 bits per heavy atom. The summed E-state index contributed by atoms with van der Waals surface area (Å²) in [5, 5.41) is 15.2. The first-order chi connectivity index (χ1) is 18.9. The van der Waals surface area contributed by atoms with E-state index >= 15 is 0 Å². The number of aromatic carboxylic acids is 1. The van der Waals surface area contributed by atoms with Crippen LogP contribution in [0.15, 0.2) is 59.1 Å². The molecule has 6 rings (SSSR count). The van der Waals surface area contributed by atoms with Gasteiger partial charge in [-0.2, -0.15) is 0 Å². The van der Waals surface area contributed by atoms with Crippen molar-refractivity contribution in [3.05, 3.63) is 103 Å². The van der Waals surface area contributed by atoms with Crippen LogP contribution in [0.3, 0.4) is 0 Å². The number of carbonyl (C=O) groups is 1. The number of aromatic nitrogens is 1. The molecule has 8 heteroatoms. The average Bonchev–Trinajstić information content (AvgIpc) is 3.85. The lowest BCUT2D eigenvalue weighted by Crippen LogP contribution is -2.00. The molecule has 0 saturated heterocycles. The van der Waals surface area contributed by atoms with Crippen LogP contribution >= 0.6 is 34.8 Å². The monoisotopic (exact) mass is 577 g/mol. The van der Waals surface area contributed by atoms with E-state index in [-0.39, 0.29) is 12.2 Å². The molecular weight excluding hydrogens is 557 g/mol. The van der Waals surface area contributed by atoms with E-state index in [1.165, 1.54) is 0 Å². The normalized spacial score (nSPS) is 14.5. The summed E-state index contributed by atoms with van der Waals surface area (Å²) in [5.74, 6) is 7.27. The highest BCUT2D eigenvalue weighted by atomic mass is 35.5. The summed E-state index contributed by atoms with van der Waals surface area (Å²) in [4.78, 5) is 11.6. The highest BCUT2D eigenvalue weighted by Gasteiger charge is 2.33. The van der Waals surface area contributed by atoms with Gasteiger partial charge in [0.15, 0.2) is 0 Å². The highest BCUT2D eigenvalue weighted by molar-refractivity contribution is 6.39. The Kier molecular flexibility index (Phi) is 7.03. The number of hydrogen-bond acceptors (Lipinski definition) is 4. The fraction of sp³-hybridized carbons (Fsp3) is 0.226. The number of halogens is 3. The van der Waals surface area contributed by atoms with Crippen LogP contribution < -0.4 is 4.74 Å². The van der Waals surface area contributed by atoms with Crippen molar-refractivity contribution >= 4 is 40.8 Å². The van der Waals surface area contributed by atoms with Gasteiger partial charge in [-0.1, -0.05) is 57.9 Å². The summed E-state index contributed by atoms with van der Waals surface area (Å²) in [7, 11) is 0. The van der Waals surface area contributed by atoms with Crippen molar-refractivity contribution in [1.82, 2.24) is 5.16 Å². The first-order valence-electron chi connectivity index (χ1n) is 12.6. The molecule has 0 spiro atoms. The van der Waals surface area contributed by atoms with Crippen LogP contribution in [0.1, 0.15) is 75.9 Å². The number of ether oxygens (including phenoxy) is 1. The number of hydrogen-bond donors (Lipinski definition) is 1. The van der Waals surface area contributed by atoms with Crippen molar-refractivity contribution in [3.8, 4) is 28.8 Å². The topological polar surface area (TPSA) is 72.6 Å². The molecule has 196 valence electrons. The maximum absolute atomic E-state index is 11.6. The Morgan fingerprint density at radius 1 is 0.949 bits per heavy atom. The molecule has 39 heavy (non-hydrogen) atoms. The lowest BCUT2D eigenvalue weighted by Gasteiger charge is -2.10. The summed E-state index contributed by atoms with van der Waals surface area (Å²) in [6, 6.07) is 15.9. The van der Waals surface area contributed by atoms with Crippen molar-refractivity contribution in [2.24, 2.45) is 0 Å². The van der Waals surface area contributed by atoms with Crippen molar-refractivity contribution < 1.29 is 19.2 Å². The number of rotatable bonds is 7. The summed E-state index contributed by atoms with van der Waals surface area (Å²) in [6.45, 7) is 0.208. The summed E-state index contributed by atoms with van der Waals surface area (Å²) < 4.78 is 11.8. The van der Waals surface area contributed by atoms with Crippen LogP contribution in [0, 0.1) is 11.8 Å². The van der Waals surface area contributed by atoms with Crippen LogP contribution in [0.5, 0.6) is 5.75 Å². The molecule has 2 aliphatic rings. The zero-order valence-corrected chi connectivity index (χ0v) is 22.9.